The number of hydrogen-bond acceptors (Lipinski definition) is 2. The van der Waals surface area contributed by atoms with Gasteiger partial charge in [0.2, 0.25) is 0 Å². The van der Waals surface area contributed by atoms with E-state index in [0.29, 0.717) is 36.1 Å². The van der Waals surface area contributed by atoms with Crippen LogP contribution in [0, 0.1) is 5.82 Å². The van der Waals surface area contributed by atoms with Crippen LogP contribution in [0.4, 0.5) is 4.39 Å². The zero-order chi connectivity index (χ0) is 18.5. The number of piperidine rings is 2. The van der Waals surface area contributed by atoms with Gasteiger partial charge in [0.05, 0.1) is 0 Å². The van der Waals surface area contributed by atoms with E-state index in [-0.39, 0.29) is 29.8 Å². The Balaban J connectivity index is 0.00000261. The van der Waals surface area contributed by atoms with Crippen LogP contribution in [-0.4, -0.2) is 49.1 Å². The van der Waals surface area contributed by atoms with Crippen molar-refractivity contribution in [3.8, 4) is 0 Å². The van der Waals surface area contributed by atoms with Gasteiger partial charge in [0.1, 0.15) is 5.82 Å². The van der Waals surface area contributed by atoms with Crippen molar-refractivity contribution in [3.63, 3.8) is 0 Å². The van der Waals surface area contributed by atoms with Gasteiger partial charge in [-0.05, 0) is 63.8 Å². The van der Waals surface area contributed by atoms with E-state index < -0.39 is 0 Å². The molecule has 2 heterocycles. The van der Waals surface area contributed by atoms with E-state index in [2.05, 4.69) is 29.5 Å². The van der Waals surface area contributed by atoms with Gasteiger partial charge in [0, 0.05) is 36.2 Å². The Labute approximate surface area is 184 Å². The highest BCUT2D eigenvalue weighted by Gasteiger charge is 2.36. The Morgan fingerprint density at radius 3 is 2.63 bits per heavy atom. The van der Waals surface area contributed by atoms with Crippen LogP contribution in [0.2, 0.25) is 5.02 Å². The molecule has 2 atom stereocenters. The number of nitrogens with one attached hydrogen (secondary N) is 2. The van der Waals surface area contributed by atoms with Crippen molar-refractivity contribution in [1.82, 2.24) is 15.5 Å². The third-order valence-electron chi connectivity index (χ3n) is 5.69. The average Bonchev–Trinajstić information content (AvgIpc) is 2.58. The number of hydrogen-bond donors (Lipinski definition) is 2. The summed E-state index contributed by atoms with van der Waals surface area (Å²) in [4.78, 5) is 7.28. The van der Waals surface area contributed by atoms with Gasteiger partial charge in [-0.1, -0.05) is 24.1 Å². The molecule has 0 spiro atoms. The molecule has 3 rings (SSSR count). The van der Waals surface area contributed by atoms with Crippen LogP contribution in [0.3, 0.4) is 0 Å². The minimum absolute atomic E-state index is 0. The predicted molar refractivity (Wildman–Crippen MR) is 122 cm³/mol. The van der Waals surface area contributed by atoms with E-state index in [9.17, 15) is 4.39 Å². The topological polar surface area (TPSA) is 39.7 Å². The summed E-state index contributed by atoms with van der Waals surface area (Å²) < 4.78 is 13.1. The van der Waals surface area contributed by atoms with E-state index in [1.54, 1.807) is 6.07 Å². The molecular weight excluding hydrogens is 478 g/mol. The first-order valence-corrected chi connectivity index (χ1v) is 10.1. The smallest absolute Gasteiger partial charge is 0.191 e. The fourth-order valence-electron chi connectivity index (χ4n) is 4.26. The van der Waals surface area contributed by atoms with E-state index >= 15 is 0 Å². The standard InChI is InChI=1S/C20H30ClFN4.HI/c1-3-23-20(24-10-9-14-7-8-15(22)11-19(14)21)25-16-12-17-5-4-6-18(13-16)26(17)2;/h7-8,11,16-18H,3-6,9-10,12-13H2,1-2H3,(H2,23,24,25);1H. The number of halogens is 3. The average molecular weight is 509 g/mol. The number of benzene rings is 1. The Kier molecular flexibility index (Phi) is 9.08. The molecule has 27 heavy (non-hydrogen) atoms. The van der Waals surface area contributed by atoms with E-state index in [1.807, 2.05) is 0 Å². The molecule has 0 aliphatic carbocycles. The van der Waals surface area contributed by atoms with Crippen LogP contribution in [-0.2, 0) is 6.42 Å². The molecule has 0 radical (unpaired) electrons. The second kappa shape index (κ2) is 10.8. The fraction of sp³-hybridized carbons (Fsp3) is 0.650. The van der Waals surface area contributed by atoms with Crippen molar-refractivity contribution in [3.05, 3.63) is 34.6 Å². The summed E-state index contributed by atoms with van der Waals surface area (Å²) in [6.45, 7) is 3.54. The van der Waals surface area contributed by atoms with Gasteiger partial charge in [-0.2, -0.15) is 0 Å². The van der Waals surface area contributed by atoms with Crippen molar-refractivity contribution in [2.75, 3.05) is 20.1 Å². The van der Waals surface area contributed by atoms with Crippen molar-refractivity contribution in [2.24, 2.45) is 4.99 Å². The minimum Gasteiger partial charge on any atom is -0.357 e. The molecule has 1 aromatic carbocycles. The molecule has 2 fully saturated rings. The van der Waals surface area contributed by atoms with Crippen LogP contribution in [0.15, 0.2) is 23.2 Å². The highest BCUT2D eigenvalue weighted by atomic mass is 127. The number of fused-ring (bicyclic) bond motifs is 2. The maximum atomic E-state index is 13.1. The molecule has 2 saturated heterocycles. The molecule has 7 heteroatoms. The summed E-state index contributed by atoms with van der Waals surface area (Å²) in [6.07, 6.45) is 7.04. The summed E-state index contributed by atoms with van der Waals surface area (Å²) in [5.41, 5.74) is 0.932. The molecular formula is C20H31ClFIN4. The van der Waals surface area contributed by atoms with Gasteiger partial charge < -0.3 is 15.5 Å². The van der Waals surface area contributed by atoms with Crippen molar-refractivity contribution >= 4 is 41.5 Å². The van der Waals surface area contributed by atoms with Crippen molar-refractivity contribution in [1.29, 1.82) is 0 Å². The molecule has 2 N–H and O–H groups in total. The van der Waals surface area contributed by atoms with Crippen LogP contribution >= 0.6 is 35.6 Å². The summed E-state index contributed by atoms with van der Waals surface area (Å²) in [5.74, 6) is 0.573. The minimum atomic E-state index is -0.301. The van der Waals surface area contributed by atoms with Gasteiger partial charge >= 0.3 is 0 Å². The largest absolute Gasteiger partial charge is 0.357 e. The highest BCUT2D eigenvalue weighted by molar-refractivity contribution is 14.0. The maximum absolute atomic E-state index is 13.1. The quantitative estimate of drug-likeness (QED) is 0.356. The third-order valence-corrected chi connectivity index (χ3v) is 6.04. The zero-order valence-electron chi connectivity index (χ0n) is 16.2. The Hall–Kier alpha value is -0.600. The fourth-order valence-corrected chi connectivity index (χ4v) is 4.52. The molecule has 2 aliphatic heterocycles. The molecule has 0 amide bonds. The normalized spacial score (nSPS) is 25.6. The monoisotopic (exact) mass is 508 g/mol. The molecule has 2 unspecified atom stereocenters. The number of rotatable bonds is 5. The lowest BCUT2D eigenvalue weighted by Gasteiger charge is -2.47. The number of aliphatic imine (C=N–C) groups is 1. The Morgan fingerprint density at radius 1 is 1.30 bits per heavy atom. The third kappa shape index (κ3) is 6.19. The zero-order valence-corrected chi connectivity index (χ0v) is 19.3. The lowest BCUT2D eigenvalue weighted by atomic mass is 9.82. The predicted octanol–water partition coefficient (Wildman–Crippen LogP) is 4.21. The second-order valence-corrected chi connectivity index (χ2v) is 7.87. The van der Waals surface area contributed by atoms with E-state index in [4.69, 9.17) is 16.6 Å². The van der Waals surface area contributed by atoms with Gasteiger partial charge in [0.15, 0.2) is 5.96 Å². The first-order chi connectivity index (χ1) is 12.6. The molecule has 2 aliphatic rings. The lowest BCUT2D eigenvalue weighted by Crippen LogP contribution is -2.56. The molecule has 0 saturated carbocycles. The first kappa shape index (κ1) is 22.7. The van der Waals surface area contributed by atoms with Crippen LogP contribution in [0.5, 0.6) is 0 Å². The van der Waals surface area contributed by atoms with Crippen molar-refractivity contribution < 1.29 is 4.39 Å². The van der Waals surface area contributed by atoms with Gasteiger partial charge in [0.25, 0.3) is 0 Å². The Morgan fingerprint density at radius 2 is 2.00 bits per heavy atom. The SMILES string of the molecule is CCNC(=NCCc1ccc(F)cc1Cl)NC1CC2CCCC(C1)N2C.I. The molecule has 4 nitrogen and oxygen atoms in total. The Bertz CT molecular complexity index is 628. The molecule has 1 aromatic rings. The van der Waals surface area contributed by atoms with Gasteiger partial charge in [-0.15, -0.1) is 24.0 Å². The van der Waals surface area contributed by atoms with E-state index in [1.165, 1.54) is 44.2 Å². The van der Waals surface area contributed by atoms with Gasteiger partial charge in [-0.25, -0.2) is 4.39 Å². The van der Waals surface area contributed by atoms with Crippen molar-refractivity contribution in [2.45, 2.75) is 63.6 Å². The lowest BCUT2D eigenvalue weighted by molar-refractivity contribution is 0.0526. The van der Waals surface area contributed by atoms with Crippen LogP contribution in [0.25, 0.3) is 0 Å². The van der Waals surface area contributed by atoms with Crippen LogP contribution < -0.4 is 10.6 Å². The number of nitrogens with zero attached hydrogens (tertiary/aromatic N) is 2. The molecule has 0 aromatic heterocycles. The summed E-state index contributed by atoms with van der Waals surface area (Å²) in [5, 5.41) is 7.46. The summed E-state index contributed by atoms with van der Waals surface area (Å²) in [7, 11) is 2.27. The second-order valence-electron chi connectivity index (χ2n) is 7.46. The first-order valence-electron chi connectivity index (χ1n) is 9.77. The molecule has 2 bridgehead atoms. The van der Waals surface area contributed by atoms with Gasteiger partial charge in [-0.3, -0.25) is 4.99 Å². The number of guanidine groups is 1. The van der Waals surface area contributed by atoms with E-state index in [0.717, 1.165) is 18.1 Å². The summed E-state index contributed by atoms with van der Waals surface area (Å²) >= 11 is 6.11. The highest BCUT2D eigenvalue weighted by Crippen LogP contribution is 2.32. The summed E-state index contributed by atoms with van der Waals surface area (Å²) in [6, 6.07) is 6.43. The van der Waals surface area contributed by atoms with Crippen LogP contribution in [0.1, 0.15) is 44.6 Å². The maximum Gasteiger partial charge on any atom is 0.191 e. The molecule has 152 valence electrons.